The van der Waals surface area contributed by atoms with E-state index in [1.54, 1.807) is 0 Å². The molecular weight excluding hydrogens is 208 g/mol. The molecule has 0 aliphatic rings. The monoisotopic (exact) mass is 220 g/mol. The van der Waals surface area contributed by atoms with E-state index in [1.165, 1.54) is 11.3 Å². The highest BCUT2D eigenvalue weighted by atomic mass is 32.1. The third kappa shape index (κ3) is 2.23. The van der Waals surface area contributed by atoms with Crippen molar-refractivity contribution in [2.24, 2.45) is 5.73 Å². The van der Waals surface area contributed by atoms with Crippen LogP contribution in [0.3, 0.4) is 0 Å². The molecule has 1 heterocycles. The van der Waals surface area contributed by atoms with Gasteiger partial charge in [-0.25, -0.2) is 4.98 Å². The molecule has 0 saturated carbocycles. The highest BCUT2D eigenvalue weighted by molar-refractivity contribution is 7.09. The predicted octanol–water partition coefficient (Wildman–Crippen LogP) is 1.76. The van der Waals surface area contributed by atoms with Crippen LogP contribution in [0.2, 0.25) is 0 Å². The minimum atomic E-state index is 0.00124. The quantitative estimate of drug-likeness (QED) is 0.828. The molecule has 1 aromatic heterocycles. The van der Waals surface area contributed by atoms with Crippen LogP contribution in [0, 0.1) is 0 Å². The van der Waals surface area contributed by atoms with Crippen molar-refractivity contribution < 1.29 is 5.11 Å². The Hall–Kier alpha value is -1.23. The smallest absolute Gasteiger partial charge is 0.119 e. The number of thiazole rings is 1. The Kier molecular flexibility index (Phi) is 3.11. The third-order valence-electron chi connectivity index (χ3n) is 2.15. The van der Waals surface area contributed by atoms with Gasteiger partial charge in [-0.1, -0.05) is 18.2 Å². The molecule has 2 rings (SSSR count). The lowest BCUT2D eigenvalue weighted by molar-refractivity contribution is 0.281. The number of hydrogen-bond acceptors (Lipinski definition) is 4. The Labute approximate surface area is 92.2 Å². The lowest BCUT2D eigenvalue weighted by Gasteiger charge is -1.99. The molecule has 2 aromatic rings. The number of benzene rings is 1. The molecule has 4 heteroatoms. The molecule has 0 radical (unpaired) electrons. The summed E-state index contributed by atoms with van der Waals surface area (Å²) in [7, 11) is 0. The second-order valence-corrected chi connectivity index (χ2v) is 4.13. The van der Waals surface area contributed by atoms with Gasteiger partial charge in [0.1, 0.15) is 5.01 Å². The van der Waals surface area contributed by atoms with Crippen LogP contribution in [-0.2, 0) is 13.2 Å². The average Bonchev–Trinajstić information content (AvgIpc) is 2.78. The van der Waals surface area contributed by atoms with E-state index < -0.39 is 0 Å². The van der Waals surface area contributed by atoms with E-state index in [4.69, 9.17) is 10.8 Å². The van der Waals surface area contributed by atoms with Gasteiger partial charge >= 0.3 is 0 Å². The zero-order chi connectivity index (χ0) is 10.7. The van der Waals surface area contributed by atoms with E-state index in [0.717, 1.165) is 21.8 Å². The molecule has 0 atom stereocenters. The first kappa shape index (κ1) is 10.3. The summed E-state index contributed by atoms with van der Waals surface area (Å²) in [5, 5.41) is 11.6. The van der Waals surface area contributed by atoms with E-state index >= 15 is 0 Å². The van der Waals surface area contributed by atoms with Gasteiger partial charge in [-0.05, 0) is 11.6 Å². The molecule has 1 aromatic carbocycles. The second kappa shape index (κ2) is 4.53. The van der Waals surface area contributed by atoms with Gasteiger partial charge in [0.25, 0.3) is 0 Å². The summed E-state index contributed by atoms with van der Waals surface area (Å²) in [4.78, 5) is 4.30. The van der Waals surface area contributed by atoms with E-state index in [2.05, 4.69) is 4.98 Å². The predicted molar refractivity (Wildman–Crippen MR) is 61.4 cm³/mol. The van der Waals surface area contributed by atoms with Gasteiger partial charge in [0.15, 0.2) is 0 Å². The maximum absolute atomic E-state index is 8.93. The van der Waals surface area contributed by atoms with Gasteiger partial charge in [0.2, 0.25) is 0 Å². The van der Waals surface area contributed by atoms with Gasteiger partial charge < -0.3 is 10.8 Å². The van der Waals surface area contributed by atoms with E-state index in [1.807, 2.05) is 29.6 Å². The van der Waals surface area contributed by atoms with Gasteiger partial charge in [-0.3, -0.25) is 0 Å². The van der Waals surface area contributed by atoms with E-state index in [0.29, 0.717) is 6.54 Å². The lowest BCUT2D eigenvalue weighted by atomic mass is 10.1. The number of rotatable bonds is 3. The molecule has 0 fully saturated rings. The SMILES string of the molecule is NCc1cccc(-c2csc(CO)n2)c1. The van der Waals surface area contributed by atoms with Crippen LogP contribution in [0.5, 0.6) is 0 Å². The molecule has 0 saturated heterocycles. The molecule has 3 nitrogen and oxygen atoms in total. The molecule has 0 unspecified atom stereocenters. The average molecular weight is 220 g/mol. The lowest BCUT2D eigenvalue weighted by Crippen LogP contribution is -1.95. The molecule has 3 N–H and O–H groups in total. The molecular formula is C11H12N2OS. The number of nitrogens with two attached hydrogens (primary N) is 1. The van der Waals surface area contributed by atoms with Crippen molar-refractivity contribution >= 4 is 11.3 Å². The summed E-state index contributed by atoms with van der Waals surface area (Å²) in [5.74, 6) is 0. The molecule has 0 aliphatic carbocycles. The fourth-order valence-electron chi connectivity index (χ4n) is 1.37. The van der Waals surface area contributed by atoms with Gasteiger partial charge in [-0.15, -0.1) is 11.3 Å². The molecule has 0 amide bonds. The van der Waals surface area contributed by atoms with E-state index in [9.17, 15) is 0 Å². The number of aliphatic hydroxyl groups excluding tert-OH is 1. The van der Waals surface area contributed by atoms with Crippen LogP contribution in [0.4, 0.5) is 0 Å². The van der Waals surface area contributed by atoms with Gasteiger partial charge in [0, 0.05) is 17.5 Å². The summed E-state index contributed by atoms with van der Waals surface area (Å²) in [5.41, 5.74) is 8.61. The largest absolute Gasteiger partial charge is 0.389 e. The highest BCUT2D eigenvalue weighted by Gasteiger charge is 2.03. The molecule has 15 heavy (non-hydrogen) atoms. The van der Waals surface area contributed by atoms with Crippen molar-refractivity contribution in [3.8, 4) is 11.3 Å². The van der Waals surface area contributed by atoms with Crippen LogP contribution in [0.15, 0.2) is 29.6 Å². The molecule has 0 spiro atoms. The maximum atomic E-state index is 8.93. The molecule has 78 valence electrons. The van der Waals surface area contributed by atoms with Crippen LogP contribution in [0.1, 0.15) is 10.6 Å². The van der Waals surface area contributed by atoms with Crippen molar-refractivity contribution in [3.63, 3.8) is 0 Å². The zero-order valence-corrected chi connectivity index (χ0v) is 9.00. The van der Waals surface area contributed by atoms with Crippen LogP contribution >= 0.6 is 11.3 Å². The van der Waals surface area contributed by atoms with Crippen molar-refractivity contribution in [2.75, 3.05) is 0 Å². The summed E-state index contributed by atoms with van der Waals surface area (Å²) in [6.45, 7) is 0.534. The Bertz CT molecular complexity index is 453. The number of aliphatic hydroxyl groups is 1. The fourth-order valence-corrected chi connectivity index (χ4v) is 2.04. The third-order valence-corrected chi connectivity index (χ3v) is 2.98. The van der Waals surface area contributed by atoms with Crippen LogP contribution < -0.4 is 5.73 Å². The Morgan fingerprint density at radius 1 is 1.40 bits per heavy atom. The Morgan fingerprint density at radius 3 is 2.93 bits per heavy atom. The standard InChI is InChI=1S/C11H12N2OS/c12-5-8-2-1-3-9(4-8)10-7-15-11(6-14)13-10/h1-4,7,14H,5-6,12H2. The molecule has 0 aliphatic heterocycles. The first-order valence-electron chi connectivity index (χ1n) is 4.68. The summed E-state index contributed by atoms with van der Waals surface area (Å²) in [6, 6.07) is 7.98. The van der Waals surface area contributed by atoms with Crippen LogP contribution in [-0.4, -0.2) is 10.1 Å². The summed E-state index contributed by atoms with van der Waals surface area (Å²) in [6.07, 6.45) is 0. The summed E-state index contributed by atoms with van der Waals surface area (Å²) < 4.78 is 0. The van der Waals surface area contributed by atoms with E-state index in [-0.39, 0.29) is 6.61 Å². The molecule has 0 bridgehead atoms. The normalized spacial score (nSPS) is 10.5. The van der Waals surface area contributed by atoms with Crippen molar-refractivity contribution in [1.29, 1.82) is 0 Å². The maximum Gasteiger partial charge on any atom is 0.119 e. The summed E-state index contributed by atoms with van der Waals surface area (Å²) >= 11 is 1.47. The first-order chi connectivity index (χ1) is 7.33. The Morgan fingerprint density at radius 2 is 2.27 bits per heavy atom. The van der Waals surface area contributed by atoms with Crippen LogP contribution in [0.25, 0.3) is 11.3 Å². The minimum absolute atomic E-state index is 0.00124. The first-order valence-corrected chi connectivity index (χ1v) is 5.56. The topological polar surface area (TPSA) is 59.1 Å². The minimum Gasteiger partial charge on any atom is -0.389 e. The van der Waals surface area contributed by atoms with Crippen molar-refractivity contribution in [1.82, 2.24) is 4.98 Å². The fraction of sp³-hybridized carbons (Fsp3) is 0.182. The van der Waals surface area contributed by atoms with Crippen molar-refractivity contribution in [3.05, 3.63) is 40.2 Å². The zero-order valence-electron chi connectivity index (χ0n) is 8.18. The Balaban J connectivity index is 2.35. The van der Waals surface area contributed by atoms with Gasteiger partial charge in [0.05, 0.1) is 12.3 Å². The van der Waals surface area contributed by atoms with Crippen molar-refractivity contribution in [2.45, 2.75) is 13.2 Å². The highest BCUT2D eigenvalue weighted by Crippen LogP contribution is 2.22. The number of nitrogens with zero attached hydrogens (tertiary/aromatic N) is 1. The number of aromatic nitrogens is 1. The van der Waals surface area contributed by atoms with Gasteiger partial charge in [-0.2, -0.15) is 0 Å². The number of hydrogen-bond donors (Lipinski definition) is 2. The second-order valence-electron chi connectivity index (χ2n) is 3.19.